The average molecular weight is 386 g/mol. The normalized spacial score (nSPS) is 17.5. The summed E-state index contributed by atoms with van der Waals surface area (Å²) in [6.07, 6.45) is 0.225. The summed E-state index contributed by atoms with van der Waals surface area (Å²) >= 11 is 3.40. The number of anilines is 1. The molecule has 1 atom stereocenters. The fraction of sp³-hybridized carbons (Fsp3) is 0.158. The molecule has 3 rings (SSSR count). The molecule has 122 valence electrons. The lowest BCUT2D eigenvalue weighted by atomic mass is 9.95. The molecule has 5 heteroatoms. The summed E-state index contributed by atoms with van der Waals surface area (Å²) in [6, 6.07) is 15.9. The van der Waals surface area contributed by atoms with Gasteiger partial charge in [0.1, 0.15) is 0 Å². The number of Topliss-reactive ketones (excluding diaryl/α,β-unsaturated/α-hetero) is 1. The predicted octanol–water partition coefficient (Wildman–Crippen LogP) is 4.33. The second kappa shape index (κ2) is 6.61. The third-order valence-electron chi connectivity index (χ3n) is 4.03. The zero-order valence-corrected chi connectivity index (χ0v) is 14.7. The van der Waals surface area contributed by atoms with Crippen molar-refractivity contribution < 1.29 is 14.7 Å². The smallest absolute Gasteiger partial charge is 0.294 e. The maximum atomic E-state index is 12.7. The van der Waals surface area contributed by atoms with Crippen molar-refractivity contribution in [1.29, 1.82) is 0 Å². The van der Waals surface area contributed by atoms with Gasteiger partial charge in [0, 0.05) is 16.6 Å². The van der Waals surface area contributed by atoms with Crippen LogP contribution < -0.4 is 4.90 Å². The molecule has 0 aromatic heterocycles. The number of aliphatic hydroxyl groups is 1. The van der Waals surface area contributed by atoms with Gasteiger partial charge >= 0.3 is 0 Å². The first kappa shape index (κ1) is 16.5. The number of halogens is 1. The molecule has 0 spiro atoms. The van der Waals surface area contributed by atoms with E-state index in [4.69, 9.17) is 0 Å². The van der Waals surface area contributed by atoms with E-state index in [0.717, 1.165) is 10.0 Å². The molecular formula is C19H16BrNO3. The van der Waals surface area contributed by atoms with Crippen LogP contribution in [0.25, 0.3) is 0 Å². The average Bonchev–Trinajstić information content (AvgIpc) is 2.86. The van der Waals surface area contributed by atoms with Gasteiger partial charge in [0.15, 0.2) is 11.5 Å². The van der Waals surface area contributed by atoms with E-state index in [0.29, 0.717) is 5.69 Å². The molecule has 0 bridgehead atoms. The number of carbonyl (C=O) groups excluding carboxylic acids is 2. The van der Waals surface area contributed by atoms with E-state index >= 15 is 0 Å². The predicted molar refractivity (Wildman–Crippen MR) is 95.8 cm³/mol. The Kier molecular flexibility index (Phi) is 4.53. The van der Waals surface area contributed by atoms with Crippen molar-refractivity contribution in [2.75, 3.05) is 4.90 Å². The number of amides is 1. The molecule has 1 aliphatic heterocycles. The van der Waals surface area contributed by atoms with Gasteiger partial charge in [-0.15, -0.1) is 0 Å². The fourth-order valence-electron chi connectivity index (χ4n) is 2.92. The lowest BCUT2D eigenvalue weighted by Gasteiger charge is -2.27. The summed E-state index contributed by atoms with van der Waals surface area (Å²) in [7, 11) is 0. The van der Waals surface area contributed by atoms with E-state index in [2.05, 4.69) is 15.9 Å². The highest BCUT2D eigenvalue weighted by molar-refractivity contribution is 9.10. The molecule has 2 aromatic carbocycles. The van der Waals surface area contributed by atoms with Crippen molar-refractivity contribution >= 4 is 33.3 Å². The van der Waals surface area contributed by atoms with E-state index < -0.39 is 17.7 Å². The van der Waals surface area contributed by atoms with Crippen molar-refractivity contribution in [3.63, 3.8) is 0 Å². The van der Waals surface area contributed by atoms with Crippen molar-refractivity contribution in [3.05, 3.63) is 76.0 Å². The van der Waals surface area contributed by atoms with Crippen LogP contribution in [0.3, 0.4) is 0 Å². The minimum absolute atomic E-state index is 0.161. The van der Waals surface area contributed by atoms with Crippen LogP contribution in [0.4, 0.5) is 5.69 Å². The molecule has 1 unspecified atom stereocenters. The number of aliphatic hydroxyl groups excluding tert-OH is 1. The molecule has 4 nitrogen and oxygen atoms in total. The number of carbonyl (C=O) groups is 2. The summed E-state index contributed by atoms with van der Waals surface area (Å²) < 4.78 is 0.814. The summed E-state index contributed by atoms with van der Waals surface area (Å²) in [6.45, 7) is 1.72. The van der Waals surface area contributed by atoms with Gasteiger partial charge in [-0.05, 0) is 23.8 Å². The van der Waals surface area contributed by atoms with Crippen molar-refractivity contribution in [2.24, 2.45) is 0 Å². The highest BCUT2D eigenvalue weighted by Gasteiger charge is 2.43. The minimum atomic E-state index is -0.625. The van der Waals surface area contributed by atoms with Crippen molar-refractivity contribution in [1.82, 2.24) is 0 Å². The van der Waals surface area contributed by atoms with Gasteiger partial charge in [0.25, 0.3) is 5.91 Å². The zero-order valence-electron chi connectivity index (χ0n) is 13.1. The van der Waals surface area contributed by atoms with E-state index in [1.54, 1.807) is 19.1 Å². The first-order valence-electron chi connectivity index (χ1n) is 7.65. The largest absolute Gasteiger partial charge is 0.503 e. The Morgan fingerprint density at radius 2 is 1.88 bits per heavy atom. The SMILES string of the molecule is CCC(=O)C1=C(O)C(=O)N(c2cccc(Br)c2)C1c1ccccc1. The van der Waals surface area contributed by atoms with Gasteiger partial charge in [-0.3, -0.25) is 14.5 Å². The van der Waals surface area contributed by atoms with Gasteiger partial charge in [0.05, 0.1) is 11.6 Å². The van der Waals surface area contributed by atoms with Crippen LogP contribution in [-0.2, 0) is 9.59 Å². The molecule has 2 aromatic rings. The molecule has 1 amide bonds. The van der Waals surface area contributed by atoms with Crippen LogP contribution >= 0.6 is 15.9 Å². The lowest BCUT2D eigenvalue weighted by molar-refractivity contribution is -0.118. The Morgan fingerprint density at radius 1 is 1.17 bits per heavy atom. The Labute approximate surface area is 148 Å². The Hall–Kier alpha value is -2.40. The maximum absolute atomic E-state index is 12.7. The lowest BCUT2D eigenvalue weighted by Crippen LogP contribution is -2.30. The van der Waals surface area contributed by atoms with E-state index in [1.165, 1.54) is 4.90 Å². The van der Waals surface area contributed by atoms with Gasteiger partial charge in [-0.25, -0.2) is 0 Å². The van der Waals surface area contributed by atoms with Gasteiger partial charge < -0.3 is 5.11 Å². The monoisotopic (exact) mass is 385 g/mol. The first-order valence-corrected chi connectivity index (χ1v) is 8.44. The topological polar surface area (TPSA) is 57.6 Å². The van der Waals surface area contributed by atoms with Crippen LogP contribution in [0.1, 0.15) is 24.9 Å². The Bertz CT molecular complexity index is 830. The number of rotatable bonds is 4. The molecule has 0 radical (unpaired) electrons. The fourth-order valence-corrected chi connectivity index (χ4v) is 3.31. The second-order valence-electron chi connectivity index (χ2n) is 5.51. The van der Waals surface area contributed by atoms with Crippen LogP contribution in [0.15, 0.2) is 70.4 Å². The zero-order chi connectivity index (χ0) is 17.3. The summed E-state index contributed by atoms with van der Waals surface area (Å²) in [5, 5.41) is 10.3. The van der Waals surface area contributed by atoms with E-state index in [9.17, 15) is 14.7 Å². The number of ketones is 1. The standard InChI is InChI=1S/C19H16BrNO3/c1-2-15(22)16-17(12-7-4-3-5-8-12)21(19(24)18(16)23)14-10-6-9-13(20)11-14/h3-11,17,23H,2H2,1H3. The van der Waals surface area contributed by atoms with Gasteiger partial charge in [-0.1, -0.05) is 59.3 Å². The Balaban J connectivity index is 2.18. The van der Waals surface area contributed by atoms with E-state index in [-0.39, 0.29) is 17.8 Å². The maximum Gasteiger partial charge on any atom is 0.294 e. The Morgan fingerprint density at radius 3 is 2.50 bits per heavy atom. The van der Waals surface area contributed by atoms with Crippen molar-refractivity contribution in [2.45, 2.75) is 19.4 Å². The van der Waals surface area contributed by atoms with E-state index in [1.807, 2.05) is 42.5 Å². The highest BCUT2D eigenvalue weighted by Crippen LogP contribution is 2.41. The number of hydrogen-bond acceptors (Lipinski definition) is 3. The molecule has 1 N–H and O–H groups in total. The minimum Gasteiger partial charge on any atom is -0.503 e. The quantitative estimate of drug-likeness (QED) is 0.851. The highest BCUT2D eigenvalue weighted by atomic mass is 79.9. The summed E-state index contributed by atoms with van der Waals surface area (Å²) in [5.74, 6) is -1.25. The van der Waals surface area contributed by atoms with Crippen LogP contribution in [0.2, 0.25) is 0 Å². The number of nitrogens with zero attached hydrogens (tertiary/aromatic N) is 1. The molecule has 1 aliphatic rings. The molecule has 0 aliphatic carbocycles. The van der Waals surface area contributed by atoms with Crippen LogP contribution in [0, 0.1) is 0 Å². The molecule has 24 heavy (non-hydrogen) atoms. The van der Waals surface area contributed by atoms with Crippen LogP contribution in [0.5, 0.6) is 0 Å². The third kappa shape index (κ3) is 2.76. The third-order valence-corrected chi connectivity index (χ3v) is 4.52. The summed E-state index contributed by atoms with van der Waals surface area (Å²) in [5.41, 5.74) is 1.56. The molecular weight excluding hydrogens is 370 g/mol. The second-order valence-corrected chi connectivity index (χ2v) is 6.42. The van der Waals surface area contributed by atoms with Crippen molar-refractivity contribution in [3.8, 4) is 0 Å². The summed E-state index contributed by atoms with van der Waals surface area (Å²) in [4.78, 5) is 26.5. The molecule has 0 fully saturated rings. The van der Waals surface area contributed by atoms with Crippen LogP contribution in [-0.4, -0.2) is 16.8 Å². The molecule has 1 heterocycles. The van der Waals surface area contributed by atoms with Gasteiger partial charge in [0.2, 0.25) is 0 Å². The number of benzene rings is 2. The van der Waals surface area contributed by atoms with Gasteiger partial charge in [-0.2, -0.15) is 0 Å². The first-order chi connectivity index (χ1) is 11.5. The number of hydrogen-bond donors (Lipinski definition) is 1. The molecule has 0 saturated carbocycles. The molecule has 0 saturated heterocycles.